The lowest BCUT2D eigenvalue weighted by molar-refractivity contribution is 0.154. The summed E-state index contributed by atoms with van der Waals surface area (Å²) >= 11 is 0. The normalized spacial score (nSPS) is 18.3. The number of carbonyl (C=O) groups is 1. The number of amides is 1. The molecule has 1 unspecified atom stereocenters. The van der Waals surface area contributed by atoms with Gasteiger partial charge in [-0.1, -0.05) is 19.8 Å². The minimum atomic E-state index is -1.08. The smallest absolute Gasteiger partial charge is 0.421 e. The molecule has 1 fully saturated rings. The fraction of sp³-hybridized carbons (Fsp3) is 0.543. The quantitative estimate of drug-likeness (QED) is 0.216. The van der Waals surface area contributed by atoms with E-state index in [0.717, 1.165) is 38.9 Å². The van der Waals surface area contributed by atoms with Crippen LogP contribution in [0.3, 0.4) is 0 Å². The van der Waals surface area contributed by atoms with Gasteiger partial charge in [-0.25, -0.2) is 14.2 Å². The first-order chi connectivity index (χ1) is 22.2. The van der Waals surface area contributed by atoms with Gasteiger partial charge in [-0.15, -0.1) is 0 Å². The second kappa shape index (κ2) is 16.5. The molecule has 1 N–H and O–H groups in total. The van der Waals surface area contributed by atoms with E-state index in [1.807, 2.05) is 31.9 Å². The number of unbranched alkanes of at least 4 members (excludes halogenated alkanes) is 1. The molecular weight excluding hydrogens is 589 g/mol. The summed E-state index contributed by atoms with van der Waals surface area (Å²) in [4.78, 5) is 24.4. The Kier molecular flexibility index (Phi) is 12.5. The maximum atomic E-state index is 15.1. The molecule has 0 radical (unpaired) electrons. The Labute approximate surface area is 273 Å². The van der Waals surface area contributed by atoms with Gasteiger partial charge in [0.05, 0.1) is 26.5 Å². The molecular formula is C35H50FN5O5. The maximum absolute atomic E-state index is 15.1. The number of ether oxygens (including phenoxy) is 4. The fourth-order valence-corrected chi connectivity index (χ4v) is 5.82. The number of nitrogens with one attached hydrogen (secondary N) is 1. The van der Waals surface area contributed by atoms with E-state index >= 15 is 4.39 Å². The van der Waals surface area contributed by atoms with Gasteiger partial charge < -0.3 is 34.1 Å². The van der Waals surface area contributed by atoms with Crippen molar-refractivity contribution in [2.45, 2.75) is 78.0 Å². The third-order valence-corrected chi connectivity index (χ3v) is 8.23. The topological polar surface area (TPSA) is 88.1 Å². The SMILES string of the molecule is CCCCN(C(=O)OC1=NC(C)(Nc2ccc(OCCCN3CCCCC3)c(F)c2)N(C(C)C)C=C1)c1ccc(OC)cc1OC. The van der Waals surface area contributed by atoms with Crippen LogP contribution in [0.25, 0.3) is 0 Å². The Hall–Kier alpha value is -3.99. The van der Waals surface area contributed by atoms with Gasteiger partial charge in [0.1, 0.15) is 11.5 Å². The zero-order chi connectivity index (χ0) is 33.1. The number of carbonyl (C=O) groups excluding carboxylic acids is 1. The van der Waals surface area contributed by atoms with Crippen LogP contribution in [0.4, 0.5) is 20.6 Å². The Morgan fingerprint density at radius 1 is 1.07 bits per heavy atom. The van der Waals surface area contributed by atoms with Crippen molar-refractivity contribution in [2.75, 3.05) is 57.2 Å². The molecule has 46 heavy (non-hydrogen) atoms. The first-order valence-electron chi connectivity index (χ1n) is 16.4. The van der Waals surface area contributed by atoms with E-state index in [9.17, 15) is 4.79 Å². The summed E-state index contributed by atoms with van der Waals surface area (Å²) in [5.41, 5.74) is 1.08. The minimum Gasteiger partial charge on any atom is -0.497 e. The standard InChI is InChI=1S/C35H50FN5O5/c1-7-8-21-40(30-15-14-28(43-5)25-32(30)44-6)34(42)46-33-17-22-41(26(2)3)35(4,38-33)37-27-13-16-31(29(36)24-27)45-23-12-20-39-18-10-9-11-19-39/h13-17,22,24-26,37H,7-12,18-21,23H2,1-6H3. The van der Waals surface area contributed by atoms with E-state index in [2.05, 4.69) is 17.1 Å². The number of benzene rings is 2. The van der Waals surface area contributed by atoms with E-state index in [0.29, 0.717) is 36.0 Å². The van der Waals surface area contributed by atoms with Crippen molar-refractivity contribution >= 4 is 23.4 Å². The highest BCUT2D eigenvalue weighted by atomic mass is 19.1. The predicted octanol–water partition coefficient (Wildman–Crippen LogP) is 7.26. The highest BCUT2D eigenvalue weighted by Gasteiger charge is 2.35. The van der Waals surface area contributed by atoms with E-state index in [4.69, 9.17) is 23.9 Å². The number of halogens is 1. The number of likely N-dealkylation sites (tertiary alicyclic amines) is 1. The molecule has 2 aromatic rings. The summed E-state index contributed by atoms with van der Waals surface area (Å²) in [5, 5.41) is 3.34. The van der Waals surface area contributed by atoms with Gasteiger partial charge in [-0.05, 0) is 83.8 Å². The fourth-order valence-electron chi connectivity index (χ4n) is 5.82. The lowest BCUT2D eigenvalue weighted by atomic mass is 10.1. The molecule has 0 aromatic heterocycles. The molecule has 2 aliphatic heterocycles. The second-order valence-electron chi connectivity index (χ2n) is 12.1. The van der Waals surface area contributed by atoms with Crippen LogP contribution in [0.1, 0.15) is 66.2 Å². The molecule has 0 saturated carbocycles. The largest absolute Gasteiger partial charge is 0.497 e. The van der Waals surface area contributed by atoms with E-state index in [1.54, 1.807) is 55.5 Å². The minimum absolute atomic E-state index is 0.0340. The third-order valence-electron chi connectivity index (χ3n) is 8.23. The second-order valence-corrected chi connectivity index (χ2v) is 12.1. The first kappa shape index (κ1) is 34.9. The van der Waals surface area contributed by atoms with Crippen molar-refractivity contribution < 1.29 is 28.1 Å². The van der Waals surface area contributed by atoms with Crippen molar-refractivity contribution in [2.24, 2.45) is 4.99 Å². The van der Waals surface area contributed by atoms with Gasteiger partial charge in [-0.2, -0.15) is 0 Å². The van der Waals surface area contributed by atoms with Gasteiger partial charge in [0.25, 0.3) is 0 Å². The maximum Gasteiger partial charge on any atom is 0.421 e. The number of nitrogens with zero attached hydrogens (tertiary/aromatic N) is 4. The highest BCUT2D eigenvalue weighted by molar-refractivity contribution is 6.02. The molecule has 1 saturated heterocycles. The van der Waals surface area contributed by atoms with Gasteiger partial charge in [-0.3, -0.25) is 4.90 Å². The monoisotopic (exact) mass is 639 g/mol. The van der Waals surface area contributed by atoms with Crippen LogP contribution < -0.4 is 24.4 Å². The zero-order valence-corrected chi connectivity index (χ0v) is 28.2. The molecule has 10 nitrogen and oxygen atoms in total. The average molecular weight is 640 g/mol. The van der Waals surface area contributed by atoms with Crippen LogP contribution in [0.2, 0.25) is 0 Å². The van der Waals surface area contributed by atoms with Crippen molar-refractivity contribution in [1.82, 2.24) is 9.80 Å². The van der Waals surface area contributed by atoms with E-state index in [-0.39, 0.29) is 17.7 Å². The van der Waals surface area contributed by atoms with Crippen molar-refractivity contribution in [3.63, 3.8) is 0 Å². The Morgan fingerprint density at radius 2 is 1.85 bits per heavy atom. The molecule has 2 heterocycles. The number of rotatable bonds is 14. The summed E-state index contributed by atoms with van der Waals surface area (Å²) in [6, 6.07) is 10.1. The van der Waals surface area contributed by atoms with Crippen LogP contribution in [0.5, 0.6) is 17.2 Å². The predicted molar refractivity (Wildman–Crippen MR) is 181 cm³/mol. The van der Waals surface area contributed by atoms with E-state index < -0.39 is 17.7 Å². The number of hydrogen-bond donors (Lipinski definition) is 1. The van der Waals surface area contributed by atoms with Crippen LogP contribution in [0.15, 0.2) is 53.7 Å². The number of hydrogen-bond acceptors (Lipinski definition) is 9. The molecule has 2 aromatic carbocycles. The Balaban J connectivity index is 1.47. The van der Waals surface area contributed by atoms with Crippen LogP contribution in [-0.2, 0) is 4.74 Å². The van der Waals surface area contributed by atoms with Gasteiger partial charge in [0.15, 0.2) is 11.6 Å². The van der Waals surface area contributed by atoms with E-state index in [1.165, 1.54) is 25.3 Å². The summed E-state index contributed by atoms with van der Waals surface area (Å²) in [6.45, 7) is 12.1. The third kappa shape index (κ3) is 9.05. The molecule has 0 bridgehead atoms. The number of methoxy groups -OCH3 is 2. The lowest BCUT2D eigenvalue weighted by Gasteiger charge is -2.43. The van der Waals surface area contributed by atoms with Gasteiger partial charge in [0, 0.05) is 49.2 Å². The molecule has 1 atom stereocenters. The van der Waals surface area contributed by atoms with Crippen LogP contribution in [-0.4, -0.2) is 80.6 Å². The number of anilines is 2. The van der Waals surface area contributed by atoms with Crippen molar-refractivity contribution in [1.29, 1.82) is 0 Å². The lowest BCUT2D eigenvalue weighted by Crippen LogP contribution is -2.53. The van der Waals surface area contributed by atoms with Gasteiger partial charge in [0.2, 0.25) is 11.7 Å². The van der Waals surface area contributed by atoms with Crippen LogP contribution in [0, 0.1) is 5.82 Å². The Morgan fingerprint density at radius 3 is 2.52 bits per heavy atom. The zero-order valence-electron chi connectivity index (χ0n) is 28.2. The Bertz CT molecular complexity index is 1360. The molecule has 2 aliphatic rings. The van der Waals surface area contributed by atoms with Crippen LogP contribution >= 0.6 is 0 Å². The molecule has 1 amide bonds. The first-order valence-corrected chi connectivity index (χ1v) is 16.4. The van der Waals surface area contributed by atoms with Gasteiger partial charge >= 0.3 is 6.09 Å². The molecule has 0 spiro atoms. The number of piperidine rings is 1. The molecule has 4 rings (SSSR count). The average Bonchev–Trinajstić information content (AvgIpc) is 3.04. The highest BCUT2D eigenvalue weighted by Crippen LogP contribution is 2.34. The summed E-state index contributed by atoms with van der Waals surface area (Å²) < 4.78 is 37.7. The molecule has 0 aliphatic carbocycles. The summed E-state index contributed by atoms with van der Waals surface area (Å²) in [7, 11) is 3.12. The summed E-state index contributed by atoms with van der Waals surface area (Å²) in [5.74, 6) is -0.0816. The number of aliphatic imine (C=N–C) groups is 1. The summed E-state index contributed by atoms with van der Waals surface area (Å²) in [6.07, 6.45) is 9.19. The molecule has 252 valence electrons. The molecule has 11 heteroatoms. The van der Waals surface area contributed by atoms with Crippen molar-refractivity contribution in [3.05, 3.63) is 54.5 Å². The van der Waals surface area contributed by atoms with Crippen molar-refractivity contribution in [3.8, 4) is 17.2 Å².